The molecule has 0 amide bonds. The van der Waals surface area contributed by atoms with Gasteiger partial charge < -0.3 is 15.3 Å². The van der Waals surface area contributed by atoms with Crippen molar-refractivity contribution < 1.29 is 15.3 Å². The molecule has 0 bridgehead atoms. The zero-order valence-electron chi connectivity index (χ0n) is 11.2. The summed E-state index contributed by atoms with van der Waals surface area (Å²) in [5.41, 5.74) is 0. The molecule has 0 heterocycles. The van der Waals surface area contributed by atoms with Gasteiger partial charge in [-0.05, 0) is 24.7 Å². The maximum absolute atomic E-state index is 9.86. The Hall–Kier alpha value is -0.120. The third-order valence-corrected chi connectivity index (χ3v) is 4.02. The third-order valence-electron chi connectivity index (χ3n) is 4.02. The summed E-state index contributed by atoms with van der Waals surface area (Å²) in [6, 6.07) is 0. The molecular formula is C14H28O3. The minimum Gasteiger partial charge on any atom is -0.390 e. The Bertz CT molecular complexity index is 200. The predicted molar refractivity (Wildman–Crippen MR) is 68.7 cm³/mol. The molecule has 3 heteroatoms. The van der Waals surface area contributed by atoms with Crippen LogP contribution in [-0.4, -0.2) is 33.6 Å². The van der Waals surface area contributed by atoms with E-state index in [-0.39, 0.29) is 5.92 Å². The van der Waals surface area contributed by atoms with Crippen LogP contribution in [0, 0.1) is 11.8 Å². The van der Waals surface area contributed by atoms with E-state index in [2.05, 4.69) is 0 Å². The molecule has 1 aliphatic carbocycles. The number of hydrogen-bond donors (Lipinski definition) is 3. The van der Waals surface area contributed by atoms with Crippen LogP contribution in [0.25, 0.3) is 0 Å². The minimum atomic E-state index is -1.00. The van der Waals surface area contributed by atoms with Crippen molar-refractivity contribution in [2.24, 2.45) is 11.8 Å². The highest BCUT2D eigenvalue weighted by Crippen LogP contribution is 2.28. The number of aliphatic hydroxyl groups excluding tert-OH is 3. The second-order valence-corrected chi connectivity index (χ2v) is 5.87. The molecule has 102 valence electrons. The van der Waals surface area contributed by atoms with Gasteiger partial charge in [0.1, 0.15) is 6.10 Å². The van der Waals surface area contributed by atoms with Gasteiger partial charge in [-0.2, -0.15) is 0 Å². The summed E-state index contributed by atoms with van der Waals surface area (Å²) >= 11 is 0. The molecule has 17 heavy (non-hydrogen) atoms. The van der Waals surface area contributed by atoms with E-state index in [9.17, 15) is 15.3 Å². The Labute approximate surface area is 105 Å². The average Bonchev–Trinajstić information content (AvgIpc) is 2.35. The molecule has 0 aromatic heterocycles. The van der Waals surface area contributed by atoms with Crippen LogP contribution in [-0.2, 0) is 0 Å². The predicted octanol–water partition coefficient (Wildman–Crippen LogP) is 2.09. The van der Waals surface area contributed by atoms with E-state index in [1.54, 1.807) is 0 Å². The molecule has 0 aliphatic heterocycles. The summed E-state index contributed by atoms with van der Waals surface area (Å²) in [5.74, 6) is 0.691. The van der Waals surface area contributed by atoms with Crippen LogP contribution in [0.2, 0.25) is 0 Å². The maximum Gasteiger partial charge on any atom is 0.106 e. The molecule has 3 atom stereocenters. The van der Waals surface area contributed by atoms with Gasteiger partial charge in [0.15, 0.2) is 0 Å². The van der Waals surface area contributed by atoms with Crippen LogP contribution < -0.4 is 0 Å². The number of rotatable bonds is 6. The minimum absolute atomic E-state index is 0.0191. The van der Waals surface area contributed by atoms with Gasteiger partial charge in [-0.1, -0.05) is 46.0 Å². The van der Waals surface area contributed by atoms with Crippen molar-refractivity contribution in [3.8, 4) is 0 Å². The van der Waals surface area contributed by atoms with E-state index in [1.807, 2.05) is 13.8 Å². The highest BCUT2D eigenvalue weighted by atomic mass is 16.4. The maximum atomic E-state index is 9.86. The highest BCUT2D eigenvalue weighted by molar-refractivity contribution is 4.78. The molecule has 3 nitrogen and oxygen atoms in total. The molecule has 1 aliphatic rings. The summed E-state index contributed by atoms with van der Waals surface area (Å²) in [4.78, 5) is 0. The zero-order chi connectivity index (χ0) is 12.8. The molecule has 1 saturated carbocycles. The first-order chi connectivity index (χ1) is 8.02. The lowest BCUT2D eigenvalue weighted by atomic mass is 9.84. The third kappa shape index (κ3) is 4.94. The number of hydrogen-bond acceptors (Lipinski definition) is 3. The molecule has 3 unspecified atom stereocenters. The van der Waals surface area contributed by atoms with Gasteiger partial charge >= 0.3 is 0 Å². The van der Waals surface area contributed by atoms with Crippen molar-refractivity contribution in [3.63, 3.8) is 0 Å². The van der Waals surface area contributed by atoms with E-state index in [0.717, 1.165) is 6.42 Å². The lowest BCUT2D eigenvalue weighted by molar-refractivity contribution is -0.0792. The largest absolute Gasteiger partial charge is 0.390 e. The second-order valence-electron chi connectivity index (χ2n) is 5.87. The first kappa shape index (κ1) is 14.9. The molecule has 0 saturated heterocycles. The average molecular weight is 244 g/mol. The fourth-order valence-corrected chi connectivity index (χ4v) is 2.67. The van der Waals surface area contributed by atoms with Gasteiger partial charge in [0.2, 0.25) is 0 Å². The fraction of sp³-hybridized carbons (Fsp3) is 1.00. The first-order valence-electron chi connectivity index (χ1n) is 7.06. The van der Waals surface area contributed by atoms with Crippen LogP contribution in [0.1, 0.15) is 58.8 Å². The van der Waals surface area contributed by atoms with Gasteiger partial charge in [-0.15, -0.1) is 0 Å². The number of aliphatic hydroxyl groups is 3. The lowest BCUT2D eigenvalue weighted by Gasteiger charge is -2.27. The van der Waals surface area contributed by atoms with E-state index < -0.39 is 18.3 Å². The molecule has 1 rings (SSSR count). The highest BCUT2D eigenvalue weighted by Gasteiger charge is 2.27. The van der Waals surface area contributed by atoms with Crippen LogP contribution in [0.5, 0.6) is 0 Å². The molecule has 0 radical (unpaired) electrons. The van der Waals surface area contributed by atoms with Crippen molar-refractivity contribution in [2.45, 2.75) is 77.1 Å². The molecule has 3 N–H and O–H groups in total. The van der Waals surface area contributed by atoms with Gasteiger partial charge in [-0.3, -0.25) is 0 Å². The van der Waals surface area contributed by atoms with Crippen LogP contribution in [0.4, 0.5) is 0 Å². The topological polar surface area (TPSA) is 60.7 Å². The Morgan fingerprint density at radius 3 is 2.06 bits per heavy atom. The summed E-state index contributed by atoms with van der Waals surface area (Å²) in [6.45, 7) is 3.70. The van der Waals surface area contributed by atoms with E-state index >= 15 is 0 Å². The second kappa shape index (κ2) is 7.34. The van der Waals surface area contributed by atoms with E-state index in [4.69, 9.17) is 0 Å². The quantitative estimate of drug-likeness (QED) is 0.670. The van der Waals surface area contributed by atoms with Crippen LogP contribution >= 0.6 is 0 Å². The Balaban J connectivity index is 2.25. The smallest absolute Gasteiger partial charge is 0.106 e. The first-order valence-corrected chi connectivity index (χ1v) is 7.06. The molecule has 0 aromatic carbocycles. The fourth-order valence-electron chi connectivity index (χ4n) is 2.67. The van der Waals surface area contributed by atoms with Gasteiger partial charge in [0.25, 0.3) is 0 Å². The summed E-state index contributed by atoms with van der Waals surface area (Å²) in [6.07, 6.45) is 5.44. The standard InChI is InChI=1S/C14H28O3/c1-10(2)13(16)14(17)12(15)9-8-11-6-4-3-5-7-11/h10-17H,3-9H2,1-2H3. The van der Waals surface area contributed by atoms with E-state index in [0.29, 0.717) is 12.3 Å². The van der Waals surface area contributed by atoms with Crippen LogP contribution in [0.15, 0.2) is 0 Å². The SMILES string of the molecule is CC(C)C(O)C(O)C(O)CCC1CCCCC1. The van der Waals surface area contributed by atoms with Crippen molar-refractivity contribution in [1.29, 1.82) is 0 Å². The van der Waals surface area contributed by atoms with Crippen molar-refractivity contribution in [2.75, 3.05) is 0 Å². The summed E-state index contributed by atoms with van der Waals surface area (Å²) < 4.78 is 0. The Morgan fingerprint density at radius 2 is 1.53 bits per heavy atom. The Kier molecular flexibility index (Phi) is 6.45. The summed E-state index contributed by atoms with van der Waals surface area (Å²) in [7, 11) is 0. The molecule has 1 fully saturated rings. The molecular weight excluding hydrogens is 216 g/mol. The summed E-state index contributed by atoms with van der Waals surface area (Å²) in [5, 5.41) is 29.3. The van der Waals surface area contributed by atoms with Crippen molar-refractivity contribution >= 4 is 0 Å². The molecule has 0 spiro atoms. The molecule has 0 aromatic rings. The zero-order valence-corrected chi connectivity index (χ0v) is 11.2. The Morgan fingerprint density at radius 1 is 0.941 bits per heavy atom. The van der Waals surface area contributed by atoms with E-state index in [1.165, 1.54) is 32.1 Å². The monoisotopic (exact) mass is 244 g/mol. The van der Waals surface area contributed by atoms with Crippen molar-refractivity contribution in [3.05, 3.63) is 0 Å². The van der Waals surface area contributed by atoms with Crippen molar-refractivity contribution in [1.82, 2.24) is 0 Å². The lowest BCUT2D eigenvalue weighted by Crippen LogP contribution is -2.40. The van der Waals surface area contributed by atoms with Gasteiger partial charge in [0.05, 0.1) is 12.2 Å². The van der Waals surface area contributed by atoms with Gasteiger partial charge in [-0.25, -0.2) is 0 Å². The van der Waals surface area contributed by atoms with Crippen LogP contribution in [0.3, 0.4) is 0 Å². The normalized spacial score (nSPS) is 23.6. The van der Waals surface area contributed by atoms with Gasteiger partial charge in [0, 0.05) is 0 Å².